The highest BCUT2D eigenvalue weighted by Gasteiger charge is 2.06. The van der Waals surface area contributed by atoms with Gasteiger partial charge in [-0.15, -0.1) is 0 Å². The molecule has 0 fully saturated rings. The number of benzene rings is 3. The van der Waals surface area contributed by atoms with Crippen LogP contribution in [0.25, 0.3) is 10.8 Å². The molecule has 0 heterocycles. The summed E-state index contributed by atoms with van der Waals surface area (Å²) in [5.41, 5.74) is 0.702. The van der Waals surface area contributed by atoms with E-state index in [1.54, 1.807) is 32.2 Å². The first kappa shape index (κ1) is 15.4. The molecule has 3 rings (SSSR count). The van der Waals surface area contributed by atoms with Crippen LogP contribution in [0.2, 0.25) is 5.02 Å². The molecule has 0 aliphatic rings. The van der Waals surface area contributed by atoms with Crippen LogP contribution in [0.15, 0.2) is 54.6 Å². The maximum Gasteiger partial charge on any atom is 0.159 e. The topological polar surface area (TPSA) is 35.5 Å². The van der Waals surface area contributed by atoms with Gasteiger partial charge in [-0.25, -0.2) is 0 Å². The third kappa shape index (κ3) is 3.30. The molecule has 116 valence electrons. The zero-order valence-electron chi connectivity index (χ0n) is 12.8. The second-order valence-corrected chi connectivity index (χ2v) is 5.59. The lowest BCUT2D eigenvalue weighted by molar-refractivity contribution is 0.101. The first-order valence-electron chi connectivity index (χ1n) is 7.13. The molecule has 3 aromatic rings. The summed E-state index contributed by atoms with van der Waals surface area (Å²) in [6.45, 7) is 1.56. The SMILES string of the molecule is COc1ccc(Oc2ccc3cc(C(C)=O)ccc3c2)cc1Cl. The Bertz CT molecular complexity index is 887. The lowest BCUT2D eigenvalue weighted by Crippen LogP contribution is -1.91. The quantitative estimate of drug-likeness (QED) is 0.594. The van der Waals surface area contributed by atoms with Crippen LogP contribution in [0.3, 0.4) is 0 Å². The highest BCUT2D eigenvalue weighted by atomic mass is 35.5. The summed E-state index contributed by atoms with van der Waals surface area (Å²) in [4.78, 5) is 11.4. The normalized spacial score (nSPS) is 10.6. The van der Waals surface area contributed by atoms with Gasteiger partial charge in [0.15, 0.2) is 5.78 Å². The van der Waals surface area contributed by atoms with Crippen LogP contribution in [-0.4, -0.2) is 12.9 Å². The summed E-state index contributed by atoms with van der Waals surface area (Å²) in [6.07, 6.45) is 0. The number of fused-ring (bicyclic) bond motifs is 1. The average molecular weight is 327 g/mol. The van der Waals surface area contributed by atoms with Crippen LogP contribution in [0.4, 0.5) is 0 Å². The summed E-state index contributed by atoms with van der Waals surface area (Å²) in [5.74, 6) is 2.00. The van der Waals surface area contributed by atoms with Gasteiger partial charge < -0.3 is 9.47 Å². The predicted octanol–water partition coefficient (Wildman–Crippen LogP) is 5.50. The molecule has 0 saturated heterocycles. The second kappa shape index (κ2) is 6.31. The van der Waals surface area contributed by atoms with Crippen molar-refractivity contribution < 1.29 is 14.3 Å². The second-order valence-electron chi connectivity index (χ2n) is 5.18. The summed E-state index contributed by atoms with van der Waals surface area (Å²) in [5, 5.41) is 2.50. The van der Waals surface area contributed by atoms with Crippen molar-refractivity contribution in [2.75, 3.05) is 7.11 Å². The van der Waals surface area contributed by atoms with E-state index in [0.717, 1.165) is 10.8 Å². The fourth-order valence-electron chi connectivity index (χ4n) is 2.35. The number of carbonyl (C=O) groups is 1. The minimum absolute atomic E-state index is 0.0556. The van der Waals surface area contributed by atoms with Crippen LogP contribution < -0.4 is 9.47 Å². The highest BCUT2D eigenvalue weighted by Crippen LogP contribution is 2.32. The molecule has 0 N–H and O–H groups in total. The molecule has 0 saturated carbocycles. The van der Waals surface area contributed by atoms with E-state index in [1.165, 1.54) is 0 Å². The molecule has 0 bridgehead atoms. The minimum atomic E-state index is 0.0556. The first-order valence-corrected chi connectivity index (χ1v) is 7.51. The number of halogens is 1. The van der Waals surface area contributed by atoms with Crippen molar-refractivity contribution in [3.05, 3.63) is 65.2 Å². The largest absolute Gasteiger partial charge is 0.495 e. The Morgan fingerprint density at radius 3 is 2.26 bits per heavy atom. The van der Waals surface area contributed by atoms with E-state index >= 15 is 0 Å². The number of rotatable bonds is 4. The lowest BCUT2D eigenvalue weighted by atomic mass is 10.0. The van der Waals surface area contributed by atoms with Crippen LogP contribution in [0, 0.1) is 0 Å². The van der Waals surface area contributed by atoms with Crippen molar-refractivity contribution in [1.29, 1.82) is 0 Å². The fourth-order valence-corrected chi connectivity index (χ4v) is 2.60. The molecule has 0 aromatic heterocycles. The van der Waals surface area contributed by atoms with Gasteiger partial charge in [0, 0.05) is 11.6 Å². The smallest absolute Gasteiger partial charge is 0.159 e. The fraction of sp³-hybridized carbons (Fsp3) is 0.105. The third-order valence-corrected chi connectivity index (χ3v) is 3.87. The van der Waals surface area contributed by atoms with Gasteiger partial charge in [0.1, 0.15) is 17.2 Å². The number of carbonyl (C=O) groups excluding carboxylic acids is 1. The number of ketones is 1. The zero-order chi connectivity index (χ0) is 16.4. The van der Waals surface area contributed by atoms with Crippen LogP contribution >= 0.6 is 11.6 Å². The Balaban J connectivity index is 1.90. The first-order chi connectivity index (χ1) is 11.1. The van der Waals surface area contributed by atoms with Crippen LogP contribution in [-0.2, 0) is 0 Å². The number of ether oxygens (including phenoxy) is 2. The Morgan fingerprint density at radius 1 is 0.913 bits per heavy atom. The Morgan fingerprint density at radius 2 is 1.57 bits per heavy atom. The van der Waals surface area contributed by atoms with Crippen molar-refractivity contribution >= 4 is 28.2 Å². The maximum atomic E-state index is 11.4. The number of methoxy groups -OCH3 is 1. The van der Waals surface area contributed by atoms with Crippen LogP contribution in [0.5, 0.6) is 17.2 Å². The van der Waals surface area contributed by atoms with E-state index in [2.05, 4.69) is 0 Å². The van der Waals surface area contributed by atoms with Crippen molar-refractivity contribution in [2.45, 2.75) is 6.92 Å². The molecular formula is C19H15ClO3. The van der Waals surface area contributed by atoms with Gasteiger partial charge in [0.05, 0.1) is 12.1 Å². The van der Waals surface area contributed by atoms with Gasteiger partial charge in [0.2, 0.25) is 0 Å². The molecule has 23 heavy (non-hydrogen) atoms. The minimum Gasteiger partial charge on any atom is -0.495 e. The zero-order valence-corrected chi connectivity index (χ0v) is 13.6. The summed E-state index contributed by atoms with van der Waals surface area (Å²) < 4.78 is 11.0. The average Bonchev–Trinajstić information content (AvgIpc) is 2.54. The van der Waals surface area contributed by atoms with Gasteiger partial charge in [-0.05, 0) is 48.0 Å². The molecule has 0 unspecified atom stereocenters. The summed E-state index contributed by atoms with van der Waals surface area (Å²) in [7, 11) is 1.57. The van der Waals surface area contributed by atoms with Gasteiger partial charge in [-0.3, -0.25) is 4.79 Å². The Kier molecular flexibility index (Phi) is 4.22. The Hall–Kier alpha value is -2.52. The van der Waals surface area contributed by atoms with Crippen molar-refractivity contribution in [2.24, 2.45) is 0 Å². The molecule has 4 heteroatoms. The molecule has 3 nitrogen and oxygen atoms in total. The van der Waals surface area contributed by atoms with Gasteiger partial charge in [-0.1, -0.05) is 29.8 Å². The lowest BCUT2D eigenvalue weighted by Gasteiger charge is -2.09. The van der Waals surface area contributed by atoms with Gasteiger partial charge in [0.25, 0.3) is 0 Å². The van der Waals surface area contributed by atoms with E-state index in [0.29, 0.717) is 27.8 Å². The van der Waals surface area contributed by atoms with E-state index in [4.69, 9.17) is 21.1 Å². The highest BCUT2D eigenvalue weighted by molar-refractivity contribution is 6.32. The standard InChI is InChI=1S/C19H15ClO3/c1-12(21)13-3-4-15-10-16(6-5-14(15)9-13)23-17-7-8-19(22-2)18(20)11-17/h3-11H,1-2H3. The van der Waals surface area contributed by atoms with E-state index < -0.39 is 0 Å². The number of hydrogen-bond donors (Lipinski definition) is 0. The number of Topliss-reactive ketones (excluding diaryl/α,β-unsaturated/α-hetero) is 1. The molecule has 0 amide bonds. The monoisotopic (exact) mass is 326 g/mol. The molecular weight excluding hydrogens is 312 g/mol. The van der Waals surface area contributed by atoms with Gasteiger partial charge >= 0.3 is 0 Å². The van der Waals surface area contributed by atoms with E-state index in [9.17, 15) is 4.79 Å². The molecule has 0 spiro atoms. The van der Waals surface area contributed by atoms with E-state index in [1.807, 2.05) is 36.4 Å². The molecule has 0 aliphatic carbocycles. The van der Waals surface area contributed by atoms with Gasteiger partial charge in [-0.2, -0.15) is 0 Å². The molecule has 0 aliphatic heterocycles. The molecule has 3 aromatic carbocycles. The third-order valence-electron chi connectivity index (χ3n) is 3.58. The molecule has 0 radical (unpaired) electrons. The predicted molar refractivity (Wildman–Crippen MR) is 92.0 cm³/mol. The summed E-state index contributed by atoms with van der Waals surface area (Å²) in [6, 6.07) is 16.6. The molecule has 0 atom stereocenters. The van der Waals surface area contributed by atoms with Crippen LogP contribution in [0.1, 0.15) is 17.3 Å². The number of hydrogen-bond acceptors (Lipinski definition) is 3. The van der Waals surface area contributed by atoms with Crippen molar-refractivity contribution in [3.63, 3.8) is 0 Å². The Labute approximate surface area is 139 Å². The maximum absolute atomic E-state index is 11.4. The van der Waals surface area contributed by atoms with Crippen molar-refractivity contribution in [1.82, 2.24) is 0 Å². The van der Waals surface area contributed by atoms with Crippen molar-refractivity contribution in [3.8, 4) is 17.2 Å². The summed E-state index contributed by atoms with van der Waals surface area (Å²) >= 11 is 6.10. The van der Waals surface area contributed by atoms with E-state index in [-0.39, 0.29) is 5.78 Å².